The van der Waals surface area contributed by atoms with Crippen LogP contribution in [0.1, 0.15) is 45.6 Å². The molecule has 10 nitrogen and oxygen atoms in total. The molecule has 0 radical (unpaired) electrons. The van der Waals surface area contributed by atoms with E-state index < -0.39 is 23.9 Å². The number of nitrogens with one attached hydrogen (secondary N) is 3. The van der Waals surface area contributed by atoms with Crippen LogP contribution < -0.4 is 16.2 Å². The van der Waals surface area contributed by atoms with Crippen LogP contribution in [0.2, 0.25) is 5.02 Å². The van der Waals surface area contributed by atoms with E-state index in [9.17, 15) is 18.8 Å². The topological polar surface area (TPSA) is 126 Å². The van der Waals surface area contributed by atoms with Gasteiger partial charge in [0.15, 0.2) is 5.82 Å². The summed E-state index contributed by atoms with van der Waals surface area (Å²) in [6.07, 6.45) is 5.71. The molecule has 0 saturated carbocycles. The Morgan fingerprint density at radius 2 is 2.00 bits per heavy atom. The molecule has 0 spiro atoms. The minimum atomic E-state index is -0.632. The third-order valence-electron chi connectivity index (χ3n) is 6.04. The molecule has 0 bridgehead atoms. The average Bonchev–Trinajstić information content (AvgIpc) is 3.05. The Morgan fingerprint density at radius 1 is 1.18 bits per heavy atom. The van der Waals surface area contributed by atoms with Crippen molar-refractivity contribution in [2.45, 2.75) is 25.8 Å². The molecule has 1 aliphatic carbocycles. The number of likely N-dealkylation sites (N-methyl/N-ethyl adjacent to an activating group) is 1. The Kier molecular flexibility index (Phi) is 8.37. The lowest BCUT2D eigenvalue weighted by Gasteiger charge is -2.22. The maximum absolute atomic E-state index is 14.6. The van der Waals surface area contributed by atoms with Gasteiger partial charge in [0.25, 0.3) is 5.91 Å². The SMILES string of the molecule is CCOC(=O)CN(C)C(=O)c1cnc(NNC(=O)NC2c3cnccc3CCc3c(F)cccc32)c(Cl)c1. The summed E-state index contributed by atoms with van der Waals surface area (Å²) >= 11 is 6.27. The molecule has 4 rings (SSSR count). The predicted molar refractivity (Wildman–Crippen MR) is 138 cm³/mol. The van der Waals surface area contributed by atoms with Crippen molar-refractivity contribution in [1.82, 2.24) is 25.6 Å². The maximum atomic E-state index is 14.6. The van der Waals surface area contributed by atoms with E-state index in [4.69, 9.17) is 16.3 Å². The van der Waals surface area contributed by atoms with E-state index in [0.29, 0.717) is 24.0 Å². The number of rotatable bonds is 7. The number of nitrogens with zero attached hydrogens (tertiary/aromatic N) is 3. The number of ether oxygens (including phenoxy) is 1. The summed E-state index contributed by atoms with van der Waals surface area (Å²) in [5.74, 6) is -1.24. The van der Waals surface area contributed by atoms with Gasteiger partial charge in [0.05, 0.1) is 23.2 Å². The first-order chi connectivity index (χ1) is 18.3. The summed E-state index contributed by atoms with van der Waals surface area (Å²) in [4.78, 5) is 46.6. The number of aryl methyl sites for hydroxylation is 1. The van der Waals surface area contributed by atoms with Crippen LogP contribution in [0.4, 0.5) is 15.0 Å². The standard InChI is InChI=1S/C26H26ClFN6O4/c1-3-38-22(35)14-34(2)25(36)16-11-20(27)24(30-12-16)32-33-26(37)31-23-18-5-4-6-21(28)17(18)8-7-15-9-10-29-13-19(15)23/h4-6,9-13,23H,3,7-8,14H2,1-2H3,(H,30,32)(H2,31,33,37). The van der Waals surface area contributed by atoms with Crippen molar-refractivity contribution < 1.29 is 23.5 Å². The molecule has 198 valence electrons. The Labute approximate surface area is 223 Å². The van der Waals surface area contributed by atoms with Gasteiger partial charge in [-0.2, -0.15) is 0 Å². The number of pyridine rings is 2. The van der Waals surface area contributed by atoms with Gasteiger partial charge in [-0.15, -0.1) is 0 Å². The largest absolute Gasteiger partial charge is 0.465 e. The molecule has 38 heavy (non-hydrogen) atoms. The van der Waals surface area contributed by atoms with Crippen LogP contribution in [0.5, 0.6) is 0 Å². The van der Waals surface area contributed by atoms with E-state index in [-0.39, 0.29) is 35.4 Å². The first-order valence-electron chi connectivity index (χ1n) is 11.9. The Balaban J connectivity index is 1.44. The third kappa shape index (κ3) is 6.00. The van der Waals surface area contributed by atoms with Crippen molar-refractivity contribution in [1.29, 1.82) is 0 Å². The van der Waals surface area contributed by atoms with Gasteiger partial charge in [-0.3, -0.25) is 25.4 Å². The fraction of sp³-hybridized carbons (Fsp3) is 0.269. The quantitative estimate of drug-likeness (QED) is 0.310. The minimum Gasteiger partial charge on any atom is -0.465 e. The number of anilines is 1. The molecule has 0 saturated heterocycles. The smallest absolute Gasteiger partial charge is 0.334 e. The number of aromatic nitrogens is 2. The minimum absolute atomic E-state index is 0.0668. The lowest BCUT2D eigenvalue weighted by atomic mass is 9.96. The molecule has 2 heterocycles. The van der Waals surface area contributed by atoms with Crippen molar-refractivity contribution in [3.63, 3.8) is 0 Å². The summed E-state index contributed by atoms with van der Waals surface area (Å²) in [5, 5.41) is 2.93. The second kappa shape index (κ2) is 11.9. The number of halogens is 2. The summed E-state index contributed by atoms with van der Waals surface area (Å²) < 4.78 is 19.5. The molecule has 1 aromatic carbocycles. The van der Waals surface area contributed by atoms with E-state index in [2.05, 4.69) is 26.1 Å². The van der Waals surface area contributed by atoms with Gasteiger partial charge in [0.2, 0.25) is 0 Å². The number of urea groups is 1. The highest BCUT2D eigenvalue weighted by Crippen LogP contribution is 2.33. The molecule has 3 aromatic rings. The second-order valence-electron chi connectivity index (χ2n) is 8.56. The molecule has 1 atom stereocenters. The number of carbonyl (C=O) groups excluding carboxylic acids is 3. The molecule has 0 aliphatic heterocycles. The van der Waals surface area contributed by atoms with E-state index in [1.165, 1.54) is 30.3 Å². The monoisotopic (exact) mass is 540 g/mol. The average molecular weight is 541 g/mol. The van der Waals surface area contributed by atoms with Gasteiger partial charge in [-0.05, 0) is 54.7 Å². The number of fused-ring (bicyclic) bond motifs is 2. The summed E-state index contributed by atoms with van der Waals surface area (Å²) in [5.41, 5.74) is 8.19. The number of hydrogen-bond donors (Lipinski definition) is 3. The van der Waals surface area contributed by atoms with Gasteiger partial charge in [-0.25, -0.2) is 14.2 Å². The van der Waals surface area contributed by atoms with E-state index in [1.807, 2.05) is 6.07 Å². The Morgan fingerprint density at radius 3 is 2.76 bits per heavy atom. The van der Waals surface area contributed by atoms with Crippen molar-refractivity contribution in [3.8, 4) is 0 Å². The molecule has 3 N–H and O–H groups in total. The van der Waals surface area contributed by atoms with E-state index >= 15 is 0 Å². The van der Waals surface area contributed by atoms with Crippen LogP contribution in [0.25, 0.3) is 0 Å². The normalized spacial score (nSPS) is 13.8. The highest BCUT2D eigenvalue weighted by atomic mass is 35.5. The first kappa shape index (κ1) is 26.8. The molecular formula is C26H26ClFN6O4. The predicted octanol–water partition coefficient (Wildman–Crippen LogP) is 3.42. The Bertz CT molecular complexity index is 1370. The molecule has 3 amide bonds. The zero-order chi connectivity index (χ0) is 27.2. The molecular weight excluding hydrogens is 515 g/mol. The van der Waals surface area contributed by atoms with Gasteiger partial charge in [-0.1, -0.05) is 23.7 Å². The third-order valence-corrected chi connectivity index (χ3v) is 6.33. The number of carbonyl (C=O) groups is 3. The van der Waals surface area contributed by atoms with Gasteiger partial charge in [0.1, 0.15) is 12.4 Å². The summed E-state index contributed by atoms with van der Waals surface area (Å²) in [6, 6.07) is 6.78. The number of amides is 3. The maximum Gasteiger partial charge on any atom is 0.334 e. The first-order valence-corrected chi connectivity index (χ1v) is 12.3. The Hall–Kier alpha value is -4.25. The summed E-state index contributed by atoms with van der Waals surface area (Å²) in [7, 11) is 1.45. The lowest BCUT2D eigenvalue weighted by molar-refractivity contribution is -0.143. The van der Waals surface area contributed by atoms with Crippen molar-refractivity contribution in [3.05, 3.63) is 87.6 Å². The van der Waals surface area contributed by atoms with Crippen LogP contribution in [-0.4, -0.2) is 53.0 Å². The molecule has 12 heteroatoms. The van der Waals surface area contributed by atoms with E-state index in [1.54, 1.807) is 31.5 Å². The summed E-state index contributed by atoms with van der Waals surface area (Å²) in [6.45, 7) is 1.66. The molecule has 0 fully saturated rings. The van der Waals surface area contributed by atoms with Crippen molar-refractivity contribution >= 4 is 35.3 Å². The zero-order valence-corrected chi connectivity index (χ0v) is 21.5. The highest BCUT2D eigenvalue weighted by molar-refractivity contribution is 6.33. The molecule has 1 aliphatic rings. The van der Waals surface area contributed by atoms with Crippen LogP contribution in [0, 0.1) is 5.82 Å². The lowest BCUT2D eigenvalue weighted by Crippen LogP contribution is -2.41. The van der Waals surface area contributed by atoms with E-state index in [0.717, 1.165) is 11.1 Å². The number of hydrazine groups is 1. The number of hydrogen-bond acceptors (Lipinski definition) is 7. The molecule has 2 aromatic heterocycles. The highest BCUT2D eigenvalue weighted by Gasteiger charge is 2.27. The number of esters is 1. The van der Waals surface area contributed by atoms with Crippen LogP contribution in [-0.2, 0) is 22.4 Å². The van der Waals surface area contributed by atoms with Crippen molar-refractivity contribution in [2.75, 3.05) is 25.6 Å². The van der Waals surface area contributed by atoms with Gasteiger partial charge in [0, 0.05) is 31.2 Å². The van der Waals surface area contributed by atoms with Crippen LogP contribution >= 0.6 is 11.6 Å². The van der Waals surface area contributed by atoms with Gasteiger partial charge >= 0.3 is 12.0 Å². The molecule has 1 unspecified atom stereocenters. The second-order valence-corrected chi connectivity index (χ2v) is 8.97. The number of benzene rings is 1. The van der Waals surface area contributed by atoms with Crippen LogP contribution in [0.15, 0.2) is 48.9 Å². The fourth-order valence-corrected chi connectivity index (χ4v) is 4.45. The fourth-order valence-electron chi connectivity index (χ4n) is 4.24. The van der Waals surface area contributed by atoms with Crippen LogP contribution in [0.3, 0.4) is 0 Å². The van der Waals surface area contributed by atoms with Gasteiger partial charge < -0.3 is 15.0 Å². The van der Waals surface area contributed by atoms with Crippen molar-refractivity contribution in [2.24, 2.45) is 0 Å². The zero-order valence-electron chi connectivity index (χ0n) is 20.8.